The number of ketones is 1. The molecule has 0 spiro atoms. The molecule has 0 fully saturated rings. The first-order valence-corrected chi connectivity index (χ1v) is 7.05. The molecule has 0 N–H and O–H groups in total. The quantitative estimate of drug-likeness (QED) is 0.799. The average molecular weight is 269 g/mol. The third-order valence-corrected chi connectivity index (χ3v) is 3.86. The van der Waals surface area contributed by atoms with E-state index in [-0.39, 0.29) is 11.7 Å². The number of aromatic nitrogens is 2. The number of hydrogen-bond donors (Lipinski definition) is 0. The van der Waals surface area contributed by atoms with Gasteiger partial charge in [-0.05, 0) is 0 Å². The van der Waals surface area contributed by atoms with Gasteiger partial charge in [-0.3, -0.25) is 9.69 Å². The second kappa shape index (κ2) is 5.59. The van der Waals surface area contributed by atoms with E-state index in [9.17, 15) is 4.79 Å². The number of nitrogens with zero attached hydrogens (tertiary/aromatic N) is 3. The molecule has 0 saturated carbocycles. The summed E-state index contributed by atoms with van der Waals surface area (Å²) >= 11 is 0. The molecule has 0 bridgehead atoms. The number of rotatable bonds is 4. The lowest BCUT2D eigenvalue weighted by molar-refractivity contribution is 0.0877. The molecule has 1 aliphatic heterocycles. The molecule has 1 aromatic heterocycles. The molecule has 0 saturated heterocycles. The number of carbonyl (C=O) groups is 1. The lowest BCUT2D eigenvalue weighted by Crippen LogP contribution is -2.38. The zero-order valence-electron chi connectivity index (χ0n) is 11.7. The van der Waals surface area contributed by atoms with Crippen LogP contribution in [0.1, 0.15) is 23.1 Å². The molecule has 3 rings (SSSR count). The summed E-state index contributed by atoms with van der Waals surface area (Å²) in [5, 5.41) is 0. The van der Waals surface area contributed by atoms with E-state index in [1.54, 1.807) is 0 Å². The van der Waals surface area contributed by atoms with Crippen LogP contribution in [-0.2, 0) is 13.1 Å². The Morgan fingerprint density at radius 2 is 2.10 bits per heavy atom. The molecule has 1 aliphatic rings. The van der Waals surface area contributed by atoms with Crippen LogP contribution in [0.5, 0.6) is 0 Å². The van der Waals surface area contributed by atoms with Crippen molar-refractivity contribution in [1.82, 2.24) is 14.5 Å². The van der Waals surface area contributed by atoms with Gasteiger partial charge in [-0.25, -0.2) is 4.98 Å². The van der Waals surface area contributed by atoms with Crippen LogP contribution >= 0.6 is 0 Å². The third-order valence-electron chi connectivity index (χ3n) is 3.86. The zero-order valence-corrected chi connectivity index (χ0v) is 11.7. The summed E-state index contributed by atoms with van der Waals surface area (Å²) in [6.07, 6.45) is 3.86. The smallest absolute Gasteiger partial charge is 0.166 e. The van der Waals surface area contributed by atoms with Crippen molar-refractivity contribution in [1.29, 1.82) is 0 Å². The number of benzene rings is 1. The molecule has 104 valence electrons. The van der Waals surface area contributed by atoms with Crippen LogP contribution in [-0.4, -0.2) is 33.3 Å². The van der Waals surface area contributed by atoms with Gasteiger partial charge in [-0.1, -0.05) is 37.3 Å². The maximum atomic E-state index is 12.4. The molecule has 1 unspecified atom stereocenters. The molecular formula is C16H19N3O. The van der Waals surface area contributed by atoms with E-state index in [2.05, 4.69) is 14.5 Å². The Hall–Kier alpha value is -1.94. The Morgan fingerprint density at radius 3 is 2.90 bits per heavy atom. The minimum atomic E-state index is 0.0129. The van der Waals surface area contributed by atoms with Gasteiger partial charge in [0.05, 0.1) is 6.54 Å². The Morgan fingerprint density at radius 1 is 1.30 bits per heavy atom. The Bertz CT molecular complexity index is 591. The summed E-state index contributed by atoms with van der Waals surface area (Å²) in [4.78, 5) is 19.0. The van der Waals surface area contributed by atoms with Crippen molar-refractivity contribution < 1.29 is 4.79 Å². The van der Waals surface area contributed by atoms with E-state index in [1.807, 2.05) is 49.6 Å². The zero-order chi connectivity index (χ0) is 13.9. The van der Waals surface area contributed by atoms with Gasteiger partial charge in [0, 0.05) is 43.5 Å². The van der Waals surface area contributed by atoms with Gasteiger partial charge in [0.25, 0.3) is 0 Å². The first kappa shape index (κ1) is 13.1. The highest BCUT2D eigenvalue weighted by atomic mass is 16.1. The van der Waals surface area contributed by atoms with Crippen molar-refractivity contribution >= 4 is 5.78 Å². The lowest BCUT2D eigenvalue weighted by Gasteiger charge is -2.29. The fourth-order valence-electron chi connectivity index (χ4n) is 2.74. The van der Waals surface area contributed by atoms with Gasteiger partial charge in [-0.2, -0.15) is 0 Å². The van der Waals surface area contributed by atoms with E-state index < -0.39 is 0 Å². The second-order valence-electron chi connectivity index (χ2n) is 5.40. The topological polar surface area (TPSA) is 38.1 Å². The molecule has 4 nitrogen and oxygen atoms in total. The molecule has 2 aromatic rings. The van der Waals surface area contributed by atoms with Crippen LogP contribution in [0.15, 0.2) is 42.7 Å². The molecule has 0 amide bonds. The normalized spacial score (nSPS) is 16.6. The largest absolute Gasteiger partial charge is 0.333 e. The van der Waals surface area contributed by atoms with Crippen LogP contribution in [0.4, 0.5) is 0 Å². The maximum absolute atomic E-state index is 12.4. The van der Waals surface area contributed by atoms with E-state index in [0.717, 1.165) is 37.6 Å². The predicted molar refractivity (Wildman–Crippen MR) is 77.4 cm³/mol. The van der Waals surface area contributed by atoms with Crippen LogP contribution in [0, 0.1) is 5.92 Å². The van der Waals surface area contributed by atoms with Crippen molar-refractivity contribution in [2.45, 2.75) is 20.0 Å². The van der Waals surface area contributed by atoms with Crippen molar-refractivity contribution in [2.24, 2.45) is 5.92 Å². The van der Waals surface area contributed by atoms with Crippen LogP contribution in [0.3, 0.4) is 0 Å². The average Bonchev–Trinajstić information content (AvgIpc) is 2.95. The Balaban J connectivity index is 1.63. The minimum absolute atomic E-state index is 0.0129. The van der Waals surface area contributed by atoms with Crippen molar-refractivity contribution in [3.05, 3.63) is 54.1 Å². The van der Waals surface area contributed by atoms with E-state index in [4.69, 9.17) is 0 Å². The SMILES string of the molecule is CC(CN1CCn2ccnc2C1)C(=O)c1ccccc1. The highest BCUT2D eigenvalue weighted by Gasteiger charge is 2.22. The summed E-state index contributed by atoms with van der Waals surface area (Å²) < 4.78 is 2.18. The van der Waals surface area contributed by atoms with Crippen LogP contribution in [0.25, 0.3) is 0 Å². The fourth-order valence-corrected chi connectivity index (χ4v) is 2.74. The van der Waals surface area contributed by atoms with Gasteiger partial charge in [0.2, 0.25) is 0 Å². The number of carbonyl (C=O) groups excluding carboxylic acids is 1. The summed E-state index contributed by atoms with van der Waals surface area (Å²) in [7, 11) is 0. The van der Waals surface area contributed by atoms with Crippen molar-refractivity contribution in [3.8, 4) is 0 Å². The first-order chi connectivity index (χ1) is 9.74. The second-order valence-corrected chi connectivity index (χ2v) is 5.40. The molecule has 0 aliphatic carbocycles. The summed E-state index contributed by atoms with van der Waals surface area (Å²) in [5.41, 5.74) is 0.804. The van der Waals surface area contributed by atoms with Crippen LogP contribution < -0.4 is 0 Å². The van der Waals surface area contributed by atoms with E-state index in [1.165, 1.54) is 0 Å². The molecule has 20 heavy (non-hydrogen) atoms. The minimum Gasteiger partial charge on any atom is -0.333 e. The van der Waals surface area contributed by atoms with E-state index in [0.29, 0.717) is 0 Å². The highest BCUT2D eigenvalue weighted by Crippen LogP contribution is 2.15. The lowest BCUT2D eigenvalue weighted by atomic mass is 9.98. The Kier molecular flexibility index (Phi) is 3.65. The highest BCUT2D eigenvalue weighted by molar-refractivity contribution is 5.97. The number of imidazole rings is 1. The fraction of sp³-hybridized carbons (Fsp3) is 0.375. The predicted octanol–water partition coefficient (Wildman–Crippen LogP) is 2.22. The molecule has 4 heteroatoms. The van der Waals surface area contributed by atoms with Crippen LogP contribution in [0.2, 0.25) is 0 Å². The molecule has 2 heterocycles. The monoisotopic (exact) mass is 269 g/mol. The number of fused-ring (bicyclic) bond motifs is 1. The van der Waals surface area contributed by atoms with Gasteiger partial charge in [0.1, 0.15) is 5.82 Å². The Labute approximate surface area is 119 Å². The molecule has 1 atom stereocenters. The number of hydrogen-bond acceptors (Lipinski definition) is 3. The summed E-state index contributed by atoms with van der Waals surface area (Å²) in [6, 6.07) is 9.55. The standard InChI is InChI=1S/C16H19N3O/c1-13(16(20)14-5-3-2-4-6-14)11-18-9-10-19-8-7-17-15(19)12-18/h2-8,13H,9-12H2,1H3. The maximum Gasteiger partial charge on any atom is 0.166 e. The van der Waals surface area contributed by atoms with E-state index >= 15 is 0 Å². The van der Waals surface area contributed by atoms with Crippen molar-refractivity contribution in [3.63, 3.8) is 0 Å². The van der Waals surface area contributed by atoms with Crippen molar-refractivity contribution in [2.75, 3.05) is 13.1 Å². The van der Waals surface area contributed by atoms with Gasteiger partial charge >= 0.3 is 0 Å². The molecular weight excluding hydrogens is 250 g/mol. The molecule has 1 aromatic carbocycles. The molecule has 0 radical (unpaired) electrons. The third kappa shape index (κ3) is 2.65. The van der Waals surface area contributed by atoms with Gasteiger partial charge in [0.15, 0.2) is 5.78 Å². The van der Waals surface area contributed by atoms with Gasteiger partial charge in [-0.15, -0.1) is 0 Å². The first-order valence-electron chi connectivity index (χ1n) is 7.05. The summed E-state index contributed by atoms with van der Waals surface area (Å²) in [6.45, 7) is 5.58. The van der Waals surface area contributed by atoms with Gasteiger partial charge < -0.3 is 4.57 Å². The number of Topliss-reactive ketones (excluding diaryl/α,β-unsaturated/α-hetero) is 1. The summed E-state index contributed by atoms with van der Waals surface area (Å²) in [5.74, 6) is 1.33.